The fourth-order valence-corrected chi connectivity index (χ4v) is 2.70. The Morgan fingerprint density at radius 2 is 2.17 bits per heavy atom. The molecule has 3 heterocycles. The summed E-state index contributed by atoms with van der Waals surface area (Å²) in [7, 11) is 0. The molecule has 0 bridgehead atoms. The Hall–Kier alpha value is -2.87. The zero-order valence-corrected chi connectivity index (χ0v) is 13.1. The number of aryl methyl sites for hydroxylation is 1. The van der Waals surface area contributed by atoms with Crippen molar-refractivity contribution in [3.05, 3.63) is 53.0 Å². The number of nitrogens with zero attached hydrogens (tertiary/aromatic N) is 1. The van der Waals surface area contributed by atoms with E-state index < -0.39 is 5.91 Å². The quantitative estimate of drug-likeness (QED) is 0.637. The zero-order valence-electron chi connectivity index (χ0n) is 12.3. The van der Waals surface area contributed by atoms with Gasteiger partial charge >= 0.3 is 0 Å². The molecule has 0 aliphatic rings. The van der Waals surface area contributed by atoms with Gasteiger partial charge in [-0.15, -0.1) is 11.3 Å². The molecule has 118 valence electrons. The van der Waals surface area contributed by atoms with E-state index >= 15 is 0 Å². The highest BCUT2D eigenvalue weighted by molar-refractivity contribution is 7.13. The lowest BCUT2D eigenvalue weighted by molar-refractivity contribution is -0.121. The minimum atomic E-state index is -0.409. The van der Waals surface area contributed by atoms with E-state index in [1.807, 2.05) is 19.1 Å². The average molecular weight is 330 g/mol. The molecule has 0 aliphatic heterocycles. The first kappa shape index (κ1) is 15.0. The van der Waals surface area contributed by atoms with Crippen molar-refractivity contribution >= 4 is 23.2 Å². The third-order valence-electron chi connectivity index (χ3n) is 3.00. The first-order valence-electron chi connectivity index (χ1n) is 6.85. The monoisotopic (exact) mass is 330 g/mol. The summed E-state index contributed by atoms with van der Waals surface area (Å²) in [5.41, 5.74) is 5.68. The van der Waals surface area contributed by atoms with Gasteiger partial charge in [0, 0.05) is 11.6 Å². The Morgan fingerprint density at radius 3 is 2.87 bits per heavy atom. The molecule has 0 saturated carbocycles. The van der Waals surface area contributed by atoms with E-state index in [2.05, 4.69) is 20.8 Å². The van der Waals surface area contributed by atoms with Crippen LogP contribution in [-0.4, -0.2) is 21.8 Å². The van der Waals surface area contributed by atoms with E-state index in [0.29, 0.717) is 17.1 Å². The number of H-pyrrole nitrogens is 1. The summed E-state index contributed by atoms with van der Waals surface area (Å²) in [6, 6.07) is 7.01. The molecule has 8 heteroatoms. The molecule has 0 unspecified atom stereocenters. The number of thiazole rings is 1. The van der Waals surface area contributed by atoms with Gasteiger partial charge in [0.2, 0.25) is 5.91 Å². The van der Waals surface area contributed by atoms with Crippen LogP contribution in [0.5, 0.6) is 0 Å². The van der Waals surface area contributed by atoms with Crippen LogP contribution in [-0.2, 0) is 11.2 Å². The Kier molecular flexibility index (Phi) is 4.24. The predicted molar refractivity (Wildman–Crippen MR) is 84.7 cm³/mol. The second-order valence-electron chi connectivity index (χ2n) is 4.82. The highest BCUT2D eigenvalue weighted by Crippen LogP contribution is 2.25. The highest BCUT2D eigenvalue weighted by Gasteiger charge is 2.12. The minimum absolute atomic E-state index is 0.0706. The van der Waals surface area contributed by atoms with Gasteiger partial charge in [-0.3, -0.25) is 20.4 Å². The second-order valence-corrected chi connectivity index (χ2v) is 5.68. The largest absolute Gasteiger partial charge is 0.459 e. The van der Waals surface area contributed by atoms with Crippen molar-refractivity contribution in [3.63, 3.8) is 0 Å². The number of furan rings is 1. The molecule has 0 spiro atoms. The Labute approximate surface area is 135 Å². The van der Waals surface area contributed by atoms with E-state index in [9.17, 15) is 9.59 Å². The number of rotatable bonds is 4. The van der Waals surface area contributed by atoms with Gasteiger partial charge in [-0.25, -0.2) is 4.98 Å². The molecule has 23 heavy (non-hydrogen) atoms. The summed E-state index contributed by atoms with van der Waals surface area (Å²) >= 11 is 1.40. The summed E-state index contributed by atoms with van der Waals surface area (Å²) in [5.74, 6) is 0.728. The first-order chi connectivity index (χ1) is 11.1. The maximum atomic E-state index is 11.8. The fourth-order valence-electron chi connectivity index (χ4n) is 1.92. The predicted octanol–water partition coefficient (Wildman–Crippen LogP) is 2.04. The Morgan fingerprint density at radius 1 is 1.30 bits per heavy atom. The highest BCUT2D eigenvalue weighted by atomic mass is 32.1. The topological polar surface area (TPSA) is 100 Å². The van der Waals surface area contributed by atoms with Gasteiger partial charge in [0.05, 0.1) is 12.1 Å². The number of hydrogen-bond donors (Lipinski definition) is 3. The molecule has 3 aromatic heterocycles. The summed E-state index contributed by atoms with van der Waals surface area (Å²) in [4.78, 5) is 30.6. The van der Waals surface area contributed by atoms with E-state index in [0.717, 1.165) is 10.8 Å². The third-order valence-corrected chi connectivity index (χ3v) is 3.91. The molecular weight excluding hydrogens is 316 g/mol. The van der Waals surface area contributed by atoms with Crippen molar-refractivity contribution in [2.75, 3.05) is 0 Å². The van der Waals surface area contributed by atoms with Crippen LogP contribution >= 0.6 is 11.3 Å². The van der Waals surface area contributed by atoms with E-state index in [1.54, 1.807) is 23.7 Å². The molecule has 0 radical (unpaired) electrons. The standard InChI is InChI=1S/C15H14N4O3S/c1-9-4-5-12(22-9)15-17-10(8-23-15)7-13(20)18-19-14(21)11-3-2-6-16-11/h2-6,8,16H,7H2,1H3,(H,18,20)(H,19,21). The van der Waals surface area contributed by atoms with Crippen LogP contribution in [0.1, 0.15) is 21.9 Å². The average Bonchev–Trinajstić information content (AvgIpc) is 3.25. The molecule has 3 aromatic rings. The number of carbonyl (C=O) groups excluding carboxylic acids is 2. The maximum absolute atomic E-state index is 11.8. The van der Waals surface area contributed by atoms with Gasteiger partial charge in [-0.2, -0.15) is 0 Å². The number of hydrogen-bond acceptors (Lipinski definition) is 5. The molecule has 7 nitrogen and oxygen atoms in total. The number of amides is 2. The van der Waals surface area contributed by atoms with Crippen molar-refractivity contribution in [3.8, 4) is 10.8 Å². The zero-order chi connectivity index (χ0) is 16.2. The molecule has 0 saturated heterocycles. The fraction of sp³-hybridized carbons (Fsp3) is 0.133. The van der Waals surface area contributed by atoms with Gasteiger partial charge in [0.25, 0.3) is 5.91 Å². The summed E-state index contributed by atoms with van der Waals surface area (Å²) in [6.45, 7) is 1.86. The van der Waals surface area contributed by atoms with E-state index in [-0.39, 0.29) is 12.3 Å². The SMILES string of the molecule is Cc1ccc(-c2nc(CC(=O)NNC(=O)c3ccc[nH]3)cs2)o1. The van der Waals surface area contributed by atoms with Crippen molar-refractivity contribution < 1.29 is 14.0 Å². The van der Waals surface area contributed by atoms with Crippen LogP contribution in [0.25, 0.3) is 10.8 Å². The van der Waals surface area contributed by atoms with Gasteiger partial charge in [-0.1, -0.05) is 0 Å². The molecule has 3 rings (SSSR count). The van der Waals surface area contributed by atoms with Crippen LogP contribution in [0.15, 0.2) is 40.3 Å². The summed E-state index contributed by atoms with van der Waals surface area (Å²) in [5, 5.41) is 2.51. The smallest absolute Gasteiger partial charge is 0.286 e. The lowest BCUT2D eigenvalue weighted by Crippen LogP contribution is -2.42. The number of hydrazine groups is 1. The molecule has 0 aliphatic carbocycles. The first-order valence-corrected chi connectivity index (χ1v) is 7.73. The Bertz CT molecular complexity index is 820. The molecule has 0 fully saturated rings. The van der Waals surface area contributed by atoms with Gasteiger partial charge in [-0.05, 0) is 31.2 Å². The number of nitrogens with one attached hydrogen (secondary N) is 3. The van der Waals surface area contributed by atoms with Gasteiger partial charge in [0.1, 0.15) is 11.5 Å². The minimum Gasteiger partial charge on any atom is -0.459 e. The van der Waals surface area contributed by atoms with Crippen molar-refractivity contribution in [2.24, 2.45) is 0 Å². The lowest BCUT2D eigenvalue weighted by atomic mass is 10.3. The third kappa shape index (κ3) is 3.67. The number of aromatic amines is 1. The van der Waals surface area contributed by atoms with Crippen LogP contribution in [0.4, 0.5) is 0 Å². The lowest BCUT2D eigenvalue weighted by Gasteiger charge is -2.05. The van der Waals surface area contributed by atoms with Gasteiger partial charge < -0.3 is 9.40 Å². The molecule has 2 amide bonds. The molecule has 3 N–H and O–H groups in total. The second kappa shape index (κ2) is 6.49. The van der Waals surface area contributed by atoms with Crippen molar-refractivity contribution in [1.29, 1.82) is 0 Å². The molecular formula is C15H14N4O3S. The molecule has 0 aromatic carbocycles. The van der Waals surface area contributed by atoms with E-state index in [1.165, 1.54) is 11.3 Å². The normalized spacial score (nSPS) is 10.5. The van der Waals surface area contributed by atoms with Crippen molar-refractivity contribution in [2.45, 2.75) is 13.3 Å². The van der Waals surface area contributed by atoms with Crippen LogP contribution < -0.4 is 10.9 Å². The summed E-state index contributed by atoms with van der Waals surface area (Å²) < 4.78 is 5.50. The molecule has 0 atom stereocenters. The van der Waals surface area contributed by atoms with Gasteiger partial charge in [0.15, 0.2) is 10.8 Å². The van der Waals surface area contributed by atoms with Crippen LogP contribution in [0, 0.1) is 6.92 Å². The Balaban J connectivity index is 1.54. The summed E-state index contributed by atoms with van der Waals surface area (Å²) in [6.07, 6.45) is 1.70. The van der Waals surface area contributed by atoms with Crippen LogP contribution in [0.3, 0.4) is 0 Å². The van der Waals surface area contributed by atoms with E-state index in [4.69, 9.17) is 4.42 Å². The number of carbonyl (C=O) groups is 2. The maximum Gasteiger partial charge on any atom is 0.286 e. The van der Waals surface area contributed by atoms with Crippen LogP contribution in [0.2, 0.25) is 0 Å². The number of aromatic nitrogens is 2. The van der Waals surface area contributed by atoms with Crippen molar-refractivity contribution in [1.82, 2.24) is 20.8 Å².